The lowest BCUT2D eigenvalue weighted by atomic mass is 9.91. The summed E-state index contributed by atoms with van der Waals surface area (Å²) in [6.45, 7) is 5.23. The average molecular weight is 304 g/mol. The second-order valence-corrected chi connectivity index (χ2v) is 6.64. The van der Waals surface area contributed by atoms with E-state index < -0.39 is 0 Å². The Balaban J connectivity index is 1.85. The summed E-state index contributed by atoms with van der Waals surface area (Å²) in [6.07, 6.45) is 4.14. The highest BCUT2D eigenvalue weighted by Crippen LogP contribution is 2.31. The quantitative estimate of drug-likeness (QED) is 0.909. The van der Waals surface area contributed by atoms with Crippen LogP contribution in [0.3, 0.4) is 0 Å². The van der Waals surface area contributed by atoms with Crippen LogP contribution in [-0.2, 0) is 6.42 Å². The summed E-state index contributed by atoms with van der Waals surface area (Å²) in [7, 11) is 0. The second kappa shape index (κ2) is 5.88. The lowest BCUT2D eigenvalue weighted by Crippen LogP contribution is -2.45. The van der Waals surface area contributed by atoms with Gasteiger partial charge in [-0.25, -0.2) is 0 Å². The van der Waals surface area contributed by atoms with E-state index >= 15 is 0 Å². The fraction of sp³-hybridized carbons (Fsp3) is 0.647. The maximum absolute atomic E-state index is 12.8. The van der Waals surface area contributed by atoms with E-state index in [0.29, 0.717) is 41.5 Å². The van der Waals surface area contributed by atoms with Gasteiger partial charge in [0.2, 0.25) is 0 Å². The lowest BCUT2D eigenvalue weighted by Gasteiger charge is -2.34. The van der Waals surface area contributed by atoms with Crippen LogP contribution in [0.4, 0.5) is 0 Å². The zero-order valence-corrected chi connectivity index (χ0v) is 13.4. The van der Waals surface area contributed by atoms with Gasteiger partial charge in [0.1, 0.15) is 5.76 Å². The van der Waals surface area contributed by atoms with E-state index in [0.717, 1.165) is 32.2 Å². The van der Waals surface area contributed by atoms with E-state index in [1.54, 1.807) is 0 Å². The average Bonchev–Trinajstić information content (AvgIpc) is 2.85. The molecular weight excluding hydrogens is 280 g/mol. The molecule has 0 saturated carbocycles. The third-order valence-electron chi connectivity index (χ3n) is 4.99. The molecule has 1 aliphatic carbocycles. The van der Waals surface area contributed by atoms with E-state index in [2.05, 4.69) is 0 Å². The highest BCUT2D eigenvalue weighted by molar-refractivity contribution is 6.03. The maximum Gasteiger partial charge on any atom is 0.289 e. The van der Waals surface area contributed by atoms with E-state index in [1.165, 1.54) is 0 Å². The van der Waals surface area contributed by atoms with Crippen molar-refractivity contribution in [2.45, 2.75) is 52.0 Å². The number of hydrogen-bond acceptors (Lipinski definition) is 4. The summed E-state index contributed by atoms with van der Waals surface area (Å²) < 4.78 is 5.77. The Morgan fingerprint density at radius 1 is 1.36 bits per heavy atom. The molecule has 3 rings (SSSR count). The fourth-order valence-electron chi connectivity index (χ4n) is 3.62. The summed E-state index contributed by atoms with van der Waals surface area (Å²) in [4.78, 5) is 26.7. The van der Waals surface area contributed by atoms with Gasteiger partial charge in [-0.05, 0) is 39.0 Å². The highest BCUT2D eigenvalue weighted by atomic mass is 16.4. The summed E-state index contributed by atoms with van der Waals surface area (Å²) in [6, 6.07) is 0.0862. The van der Waals surface area contributed by atoms with Gasteiger partial charge in [0, 0.05) is 37.5 Å². The van der Waals surface area contributed by atoms with Crippen LogP contribution in [0.2, 0.25) is 0 Å². The molecule has 120 valence electrons. The molecule has 1 fully saturated rings. The molecule has 2 unspecified atom stereocenters. The minimum Gasteiger partial charge on any atom is -0.455 e. The molecule has 1 saturated heterocycles. The fourth-order valence-corrected chi connectivity index (χ4v) is 3.62. The third kappa shape index (κ3) is 2.58. The van der Waals surface area contributed by atoms with E-state index in [4.69, 9.17) is 10.2 Å². The van der Waals surface area contributed by atoms with E-state index in [-0.39, 0.29) is 17.7 Å². The van der Waals surface area contributed by atoms with Gasteiger partial charge in [0.15, 0.2) is 11.5 Å². The Morgan fingerprint density at radius 3 is 2.82 bits per heavy atom. The molecule has 2 heterocycles. The van der Waals surface area contributed by atoms with Crippen LogP contribution < -0.4 is 5.73 Å². The molecule has 0 radical (unpaired) electrons. The van der Waals surface area contributed by atoms with Crippen LogP contribution in [0.15, 0.2) is 4.42 Å². The summed E-state index contributed by atoms with van der Waals surface area (Å²) >= 11 is 0. The number of likely N-dealkylation sites (tertiary alicyclic amines) is 1. The molecule has 22 heavy (non-hydrogen) atoms. The van der Waals surface area contributed by atoms with Gasteiger partial charge in [-0.3, -0.25) is 9.59 Å². The van der Waals surface area contributed by atoms with Gasteiger partial charge in [0.05, 0.1) is 5.56 Å². The SMILES string of the molecule is Cc1c(C(=O)N2CCCC(C(C)N)C2)oc2c1C(=O)CCC2. The van der Waals surface area contributed by atoms with Crippen molar-refractivity contribution in [1.29, 1.82) is 0 Å². The second-order valence-electron chi connectivity index (χ2n) is 6.64. The zero-order chi connectivity index (χ0) is 15.9. The Morgan fingerprint density at radius 2 is 2.14 bits per heavy atom. The number of Topliss-reactive ketones (excluding diaryl/α,β-unsaturated/α-hetero) is 1. The number of nitrogens with zero attached hydrogens (tertiary/aromatic N) is 1. The van der Waals surface area contributed by atoms with Crippen LogP contribution in [0.1, 0.15) is 64.8 Å². The van der Waals surface area contributed by atoms with Gasteiger partial charge in [0.25, 0.3) is 5.91 Å². The van der Waals surface area contributed by atoms with Crippen LogP contribution >= 0.6 is 0 Å². The monoisotopic (exact) mass is 304 g/mol. The number of ketones is 1. The number of amides is 1. The summed E-state index contributed by atoms with van der Waals surface area (Å²) in [5.74, 6) is 1.39. The maximum atomic E-state index is 12.8. The number of hydrogen-bond donors (Lipinski definition) is 1. The number of furan rings is 1. The van der Waals surface area contributed by atoms with Crippen LogP contribution in [0, 0.1) is 12.8 Å². The molecule has 5 nitrogen and oxygen atoms in total. The Bertz CT molecular complexity index is 603. The molecule has 5 heteroatoms. The number of piperidine rings is 1. The van der Waals surface area contributed by atoms with Gasteiger partial charge >= 0.3 is 0 Å². The van der Waals surface area contributed by atoms with Gasteiger partial charge < -0.3 is 15.1 Å². The Labute approximate surface area is 130 Å². The predicted molar refractivity (Wildman–Crippen MR) is 83.0 cm³/mol. The Hall–Kier alpha value is -1.62. The first-order valence-corrected chi connectivity index (χ1v) is 8.19. The largest absolute Gasteiger partial charge is 0.455 e. The molecular formula is C17H24N2O3. The van der Waals surface area contributed by atoms with Crippen molar-refractivity contribution in [3.63, 3.8) is 0 Å². The van der Waals surface area contributed by atoms with Crippen LogP contribution in [0.5, 0.6) is 0 Å². The van der Waals surface area contributed by atoms with Gasteiger partial charge in [-0.15, -0.1) is 0 Å². The Kier molecular flexibility index (Phi) is 4.08. The summed E-state index contributed by atoms with van der Waals surface area (Å²) in [5.41, 5.74) is 7.35. The van der Waals surface area contributed by atoms with Crippen LogP contribution in [-0.4, -0.2) is 35.7 Å². The third-order valence-corrected chi connectivity index (χ3v) is 4.99. The van der Waals surface area contributed by atoms with Crippen molar-refractivity contribution in [2.24, 2.45) is 11.7 Å². The van der Waals surface area contributed by atoms with Crippen molar-refractivity contribution in [3.05, 3.63) is 22.6 Å². The zero-order valence-electron chi connectivity index (χ0n) is 13.4. The lowest BCUT2D eigenvalue weighted by molar-refractivity contribution is 0.0625. The molecule has 0 spiro atoms. The molecule has 0 aromatic carbocycles. The molecule has 0 bridgehead atoms. The minimum absolute atomic E-state index is 0.0862. The number of rotatable bonds is 2. The topological polar surface area (TPSA) is 76.5 Å². The molecule has 2 N–H and O–H groups in total. The van der Waals surface area contributed by atoms with Crippen molar-refractivity contribution in [2.75, 3.05) is 13.1 Å². The molecule has 1 amide bonds. The van der Waals surface area contributed by atoms with Crippen molar-refractivity contribution in [3.8, 4) is 0 Å². The number of nitrogens with two attached hydrogens (primary N) is 1. The van der Waals surface area contributed by atoms with Crippen LogP contribution in [0.25, 0.3) is 0 Å². The minimum atomic E-state index is -0.0925. The smallest absolute Gasteiger partial charge is 0.289 e. The number of fused-ring (bicyclic) bond motifs is 1. The van der Waals surface area contributed by atoms with Crippen molar-refractivity contribution >= 4 is 11.7 Å². The predicted octanol–water partition coefficient (Wildman–Crippen LogP) is 2.31. The standard InChI is InChI=1S/C17H24N2O3/c1-10-15-13(20)6-3-7-14(15)22-16(10)17(21)19-8-4-5-12(9-19)11(2)18/h11-12H,3-9,18H2,1-2H3. The van der Waals surface area contributed by atoms with Gasteiger partial charge in [-0.1, -0.05) is 0 Å². The first-order valence-electron chi connectivity index (χ1n) is 8.19. The first-order chi connectivity index (χ1) is 10.5. The van der Waals surface area contributed by atoms with Crippen molar-refractivity contribution < 1.29 is 14.0 Å². The van der Waals surface area contributed by atoms with E-state index in [1.807, 2.05) is 18.7 Å². The number of aryl methyl sites for hydroxylation is 1. The molecule has 2 aliphatic rings. The molecule has 1 aromatic heterocycles. The molecule has 2 atom stereocenters. The van der Waals surface area contributed by atoms with E-state index in [9.17, 15) is 9.59 Å². The molecule has 1 aromatic rings. The normalized spacial score (nSPS) is 23.3. The van der Waals surface area contributed by atoms with Crippen molar-refractivity contribution in [1.82, 2.24) is 4.90 Å². The van der Waals surface area contributed by atoms with Gasteiger partial charge in [-0.2, -0.15) is 0 Å². The number of carbonyl (C=O) groups excluding carboxylic acids is 2. The highest BCUT2D eigenvalue weighted by Gasteiger charge is 2.33. The molecule has 1 aliphatic heterocycles. The first kappa shape index (κ1) is 15.3. The summed E-state index contributed by atoms with van der Waals surface area (Å²) in [5, 5.41) is 0. The number of carbonyl (C=O) groups is 2.